The van der Waals surface area contributed by atoms with E-state index in [4.69, 9.17) is 9.47 Å². The molecule has 1 amide bonds. The molecule has 1 fully saturated rings. The molecule has 3 aromatic rings. The van der Waals surface area contributed by atoms with Gasteiger partial charge in [-0.3, -0.25) is 14.5 Å². The van der Waals surface area contributed by atoms with Crippen molar-refractivity contribution in [2.75, 3.05) is 11.5 Å². The number of Topliss-reactive ketones (excluding diaryl/α,β-unsaturated/α-hetero) is 1. The third-order valence-electron chi connectivity index (χ3n) is 5.77. The second kappa shape index (κ2) is 10.1. The van der Waals surface area contributed by atoms with E-state index in [9.17, 15) is 14.7 Å². The number of nitrogens with zero attached hydrogens (tertiary/aromatic N) is 1. The molecule has 1 aliphatic heterocycles. The van der Waals surface area contributed by atoms with Crippen LogP contribution in [0.2, 0.25) is 0 Å². The standard InChI is InChI=1S/C29H29NO5/c1-5-34-23-13-9-10-20(17-23)26-25(28(32)29(33)30(26)22-11-7-6-8-12-22)27(31)21-14-15-24(19(4)16-21)35-18(2)3/h6-18,26,31H,5H2,1-4H3/b27-25+. The Morgan fingerprint density at radius 3 is 2.40 bits per heavy atom. The van der Waals surface area contributed by atoms with Crippen molar-refractivity contribution >= 4 is 23.1 Å². The zero-order valence-electron chi connectivity index (χ0n) is 20.3. The molecule has 1 atom stereocenters. The number of rotatable bonds is 7. The van der Waals surface area contributed by atoms with Crippen LogP contribution >= 0.6 is 0 Å². The first-order valence-electron chi connectivity index (χ1n) is 11.7. The van der Waals surface area contributed by atoms with Gasteiger partial charge in [-0.05, 0) is 81.3 Å². The summed E-state index contributed by atoms with van der Waals surface area (Å²) in [7, 11) is 0. The minimum atomic E-state index is -0.815. The number of carbonyl (C=O) groups excluding carboxylic acids is 2. The lowest BCUT2D eigenvalue weighted by Crippen LogP contribution is -2.29. The van der Waals surface area contributed by atoms with Crippen LogP contribution in [0.1, 0.15) is 43.5 Å². The lowest BCUT2D eigenvalue weighted by molar-refractivity contribution is -0.132. The van der Waals surface area contributed by atoms with E-state index in [1.165, 1.54) is 4.90 Å². The third-order valence-corrected chi connectivity index (χ3v) is 5.77. The van der Waals surface area contributed by atoms with Crippen LogP contribution in [0.3, 0.4) is 0 Å². The van der Waals surface area contributed by atoms with E-state index in [0.717, 1.165) is 5.56 Å². The monoisotopic (exact) mass is 471 g/mol. The Morgan fingerprint density at radius 1 is 1.00 bits per heavy atom. The quantitative estimate of drug-likeness (QED) is 0.267. The molecule has 4 rings (SSSR count). The fourth-order valence-corrected chi connectivity index (χ4v) is 4.28. The van der Waals surface area contributed by atoms with Crippen LogP contribution in [0.5, 0.6) is 11.5 Å². The summed E-state index contributed by atoms with van der Waals surface area (Å²) in [5, 5.41) is 11.4. The first-order chi connectivity index (χ1) is 16.8. The largest absolute Gasteiger partial charge is 0.507 e. The number of aliphatic hydroxyl groups excluding tert-OH is 1. The fourth-order valence-electron chi connectivity index (χ4n) is 4.28. The fraction of sp³-hybridized carbons (Fsp3) is 0.241. The van der Waals surface area contributed by atoms with Gasteiger partial charge in [-0.15, -0.1) is 0 Å². The average Bonchev–Trinajstić information content (AvgIpc) is 3.11. The Labute approximate surface area is 205 Å². The summed E-state index contributed by atoms with van der Waals surface area (Å²) in [6, 6.07) is 20.7. The lowest BCUT2D eigenvalue weighted by Gasteiger charge is -2.25. The second-order valence-electron chi connectivity index (χ2n) is 8.66. The van der Waals surface area contributed by atoms with E-state index >= 15 is 0 Å². The number of ether oxygens (including phenoxy) is 2. The lowest BCUT2D eigenvalue weighted by atomic mass is 9.94. The van der Waals surface area contributed by atoms with E-state index in [1.54, 1.807) is 48.5 Å². The highest BCUT2D eigenvalue weighted by atomic mass is 16.5. The van der Waals surface area contributed by atoms with Crippen molar-refractivity contribution in [1.82, 2.24) is 0 Å². The average molecular weight is 472 g/mol. The Kier molecular flexibility index (Phi) is 6.92. The molecule has 3 aromatic carbocycles. The minimum Gasteiger partial charge on any atom is -0.507 e. The molecular formula is C29H29NO5. The van der Waals surface area contributed by atoms with Crippen molar-refractivity contribution in [3.05, 3.63) is 95.1 Å². The number of amides is 1. The molecule has 6 nitrogen and oxygen atoms in total. The molecule has 180 valence electrons. The van der Waals surface area contributed by atoms with Gasteiger partial charge in [-0.2, -0.15) is 0 Å². The van der Waals surface area contributed by atoms with Gasteiger partial charge in [0.25, 0.3) is 11.7 Å². The van der Waals surface area contributed by atoms with Crippen LogP contribution in [-0.2, 0) is 9.59 Å². The SMILES string of the molecule is CCOc1cccc(C2/C(=C(\O)c3ccc(OC(C)C)c(C)c3)C(=O)C(=O)N2c2ccccc2)c1. The number of hydrogen-bond donors (Lipinski definition) is 1. The van der Waals surface area contributed by atoms with Crippen LogP contribution in [-0.4, -0.2) is 29.5 Å². The van der Waals surface area contributed by atoms with Gasteiger partial charge in [0, 0.05) is 11.3 Å². The molecule has 0 saturated carbocycles. The summed E-state index contributed by atoms with van der Waals surface area (Å²) >= 11 is 0. The second-order valence-corrected chi connectivity index (χ2v) is 8.66. The van der Waals surface area contributed by atoms with Crippen molar-refractivity contribution in [2.24, 2.45) is 0 Å². The number of carbonyl (C=O) groups is 2. The van der Waals surface area contributed by atoms with Gasteiger partial charge in [0.2, 0.25) is 0 Å². The Balaban J connectivity index is 1.89. The molecule has 0 spiro atoms. The summed E-state index contributed by atoms with van der Waals surface area (Å²) in [5.41, 5.74) is 2.52. The van der Waals surface area contributed by atoms with Gasteiger partial charge in [-0.25, -0.2) is 0 Å². The molecule has 1 saturated heterocycles. The maximum atomic E-state index is 13.3. The van der Waals surface area contributed by atoms with Gasteiger partial charge >= 0.3 is 0 Å². The minimum absolute atomic E-state index is 0.00181. The summed E-state index contributed by atoms with van der Waals surface area (Å²) in [4.78, 5) is 28.0. The van der Waals surface area contributed by atoms with Crippen LogP contribution in [0.15, 0.2) is 78.4 Å². The number of aryl methyl sites for hydroxylation is 1. The van der Waals surface area contributed by atoms with Crippen molar-refractivity contribution in [3.8, 4) is 11.5 Å². The van der Waals surface area contributed by atoms with Gasteiger partial charge < -0.3 is 14.6 Å². The predicted molar refractivity (Wildman–Crippen MR) is 136 cm³/mol. The molecule has 0 bridgehead atoms. The van der Waals surface area contributed by atoms with E-state index in [1.807, 2.05) is 52.0 Å². The molecule has 1 heterocycles. The molecule has 1 N–H and O–H groups in total. The third kappa shape index (κ3) is 4.78. The Bertz CT molecular complexity index is 1280. The number of hydrogen-bond acceptors (Lipinski definition) is 5. The molecule has 0 radical (unpaired) electrons. The van der Waals surface area contributed by atoms with E-state index in [-0.39, 0.29) is 17.4 Å². The van der Waals surface area contributed by atoms with Crippen LogP contribution in [0.25, 0.3) is 5.76 Å². The number of para-hydroxylation sites is 1. The van der Waals surface area contributed by atoms with Crippen LogP contribution in [0.4, 0.5) is 5.69 Å². The molecule has 0 aliphatic carbocycles. The van der Waals surface area contributed by atoms with E-state index < -0.39 is 17.7 Å². The molecular weight excluding hydrogens is 442 g/mol. The summed E-state index contributed by atoms with van der Waals surface area (Å²) < 4.78 is 11.5. The maximum absolute atomic E-state index is 13.3. The molecule has 1 unspecified atom stereocenters. The van der Waals surface area contributed by atoms with Crippen molar-refractivity contribution in [1.29, 1.82) is 0 Å². The van der Waals surface area contributed by atoms with Gasteiger partial charge in [0.05, 0.1) is 24.3 Å². The number of ketones is 1. The summed E-state index contributed by atoms with van der Waals surface area (Å²) in [6.07, 6.45) is 0.00181. The first kappa shape index (κ1) is 24.1. The Hall–Kier alpha value is -4.06. The van der Waals surface area contributed by atoms with Gasteiger partial charge in [0.15, 0.2) is 0 Å². The first-order valence-corrected chi connectivity index (χ1v) is 11.7. The topological polar surface area (TPSA) is 76.1 Å². The summed E-state index contributed by atoms with van der Waals surface area (Å²) in [5.74, 6) is -0.343. The van der Waals surface area contributed by atoms with Crippen LogP contribution in [0, 0.1) is 6.92 Å². The predicted octanol–water partition coefficient (Wildman–Crippen LogP) is 5.81. The molecule has 6 heteroatoms. The Morgan fingerprint density at radius 2 is 1.74 bits per heavy atom. The normalized spacial score (nSPS) is 17.2. The van der Waals surface area contributed by atoms with Gasteiger partial charge in [0.1, 0.15) is 17.3 Å². The number of aliphatic hydroxyl groups is 1. The number of anilines is 1. The van der Waals surface area contributed by atoms with Crippen molar-refractivity contribution in [2.45, 2.75) is 39.8 Å². The maximum Gasteiger partial charge on any atom is 0.300 e. The van der Waals surface area contributed by atoms with E-state index in [0.29, 0.717) is 34.9 Å². The summed E-state index contributed by atoms with van der Waals surface area (Å²) in [6.45, 7) is 8.12. The van der Waals surface area contributed by atoms with Crippen molar-refractivity contribution < 1.29 is 24.2 Å². The van der Waals surface area contributed by atoms with Crippen LogP contribution < -0.4 is 14.4 Å². The zero-order valence-corrected chi connectivity index (χ0v) is 20.3. The zero-order chi connectivity index (χ0) is 25.1. The van der Waals surface area contributed by atoms with Gasteiger partial charge in [-0.1, -0.05) is 30.3 Å². The molecule has 1 aliphatic rings. The highest BCUT2D eigenvalue weighted by Crippen LogP contribution is 2.43. The molecule has 0 aromatic heterocycles. The highest BCUT2D eigenvalue weighted by Gasteiger charge is 2.47. The molecule has 35 heavy (non-hydrogen) atoms. The van der Waals surface area contributed by atoms with E-state index in [2.05, 4.69) is 0 Å². The number of benzene rings is 3. The smallest absolute Gasteiger partial charge is 0.300 e. The highest BCUT2D eigenvalue weighted by molar-refractivity contribution is 6.51. The van der Waals surface area contributed by atoms with Crippen molar-refractivity contribution in [3.63, 3.8) is 0 Å².